The molecule has 3 aromatic heterocycles. The number of aromatic nitrogens is 3. The van der Waals surface area contributed by atoms with Crippen molar-refractivity contribution in [1.82, 2.24) is 24.2 Å². The van der Waals surface area contributed by atoms with Crippen molar-refractivity contribution in [3.05, 3.63) is 71.1 Å². The Bertz CT molecular complexity index is 1500. The number of piperazine rings is 1. The van der Waals surface area contributed by atoms with Crippen LogP contribution >= 0.6 is 22.9 Å². The number of pyridine rings is 1. The Morgan fingerprint density at radius 2 is 1.80 bits per heavy atom. The van der Waals surface area contributed by atoms with Gasteiger partial charge in [-0.1, -0.05) is 23.7 Å². The van der Waals surface area contributed by atoms with E-state index in [0.717, 1.165) is 10.1 Å². The van der Waals surface area contributed by atoms with Crippen molar-refractivity contribution < 1.29 is 18.3 Å². The Hall–Kier alpha value is -2.96. The lowest BCUT2D eigenvalue weighted by Gasteiger charge is -2.33. The molecule has 0 saturated carbocycles. The molecule has 1 aliphatic rings. The van der Waals surface area contributed by atoms with Gasteiger partial charge < -0.3 is 10.0 Å². The van der Waals surface area contributed by atoms with E-state index in [2.05, 4.69) is 15.0 Å². The minimum absolute atomic E-state index is 0.191. The highest BCUT2D eigenvalue weighted by Gasteiger charge is 2.32. The van der Waals surface area contributed by atoms with E-state index in [4.69, 9.17) is 11.6 Å². The first kappa shape index (κ1) is 23.8. The van der Waals surface area contributed by atoms with Crippen LogP contribution in [0.1, 0.15) is 16.1 Å². The van der Waals surface area contributed by atoms with E-state index in [1.165, 1.54) is 28.0 Å². The number of aliphatic hydroxyl groups is 1. The van der Waals surface area contributed by atoms with Gasteiger partial charge in [0.2, 0.25) is 0 Å². The largest absolute Gasteiger partial charge is 0.390 e. The van der Waals surface area contributed by atoms with E-state index >= 15 is 0 Å². The summed E-state index contributed by atoms with van der Waals surface area (Å²) in [5, 5.41) is 10.6. The topological polar surface area (TPSA) is 117 Å². The van der Waals surface area contributed by atoms with Crippen LogP contribution in [0.15, 0.2) is 59.1 Å². The Morgan fingerprint density at radius 1 is 1.06 bits per heavy atom. The number of carbonyl (C=O) groups excluding carboxylic acids is 1. The molecular formula is C23H20ClN5O4S2. The van der Waals surface area contributed by atoms with E-state index < -0.39 is 10.0 Å². The van der Waals surface area contributed by atoms with Crippen molar-refractivity contribution in [1.29, 1.82) is 0 Å². The van der Waals surface area contributed by atoms with E-state index in [9.17, 15) is 18.3 Å². The molecule has 0 atom stereocenters. The van der Waals surface area contributed by atoms with Gasteiger partial charge >= 0.3 is 0 Å². The van der Waals surface area contributed by atoms with Gasteiger partial charge in [0.25, 0.3) is 15.9 Å². The van der Waals surface area contributed by atoms with Crippen LogP contribution in [0.25, 0.3) is 21.6 Å². The first-order chi connectivity index (χ1) is 16.8. The fourth-order valence-corrected chi connectivity index (χ4v) is 7.06. The molecule has 0 radical (unpaired) electrons. The lowest BCUT2D eigenvalue weighted by Crippen LogP contribution is -2.50. The maximum absolute atomic E-state index is 13.2. The van der Waals surface area contributed by atoms with Crippen molar-refractivity contribution in [3.63, 3.8) is 0 Å². The molecular weight excluding hydrogens is 510 g/mol. The second kappa shape index (κ2) is 9.59. The van der Waals surface area contributed by atoms with Gasteiger partial charge in [0, 0.05) is 48.3 Å². The molecule has 1 N–H and O–H groups in total. The molecule has 1 fully saturated rings. The van der Waals surface area contributed by atoms with E-state index in [1.807, 2.05) is 0 Å². The average molecular weight is 530 g/mol. The number of halogens is 1. The van der Waals surface area contributed by atoms with Crippen LogP contribution in [0.4, 0.5) is 0 Å². The SMILES string of the molecule is O=C(c1cnc(-c2cccc(CO)n2)nc1)N1CCN(S(=O)(=O)c2cc3ccc(Cl)cc3s2)CC1. The quantitative estimate of drug-likeness (QED) is 0.422. The molecule has 4 aromatic rings. The first-order valence-corrected chi connectivity index (χ1v) is 13.4. The monoisotopic (exact) mass is 529 g/mol. The molecule has 0 aliphatic carbocycles. The molecule has 0 bridgehead atoms. The Balaban J connectivity index is 1.26. The van der Waals surface area contributed by atoms with Gasteiger partial charge in [0.1, 0.15) is 9.90 Å². The summed E-state index contributed by atoms with van der Waals surface area (Å²) < 4.78 is 28.8. The molecule has 0 spiro atoms. The third-order valence-electron chi connectivity index (χ3n) is 5.68. The van der Waals surface area contributed by atoms with Crippen LogP contribution in [0, 0.1) is 0 Å². The van der Waals surface area contributed by atoms with Gasteiger partial charge in [-0.15, -0.1) is 11.3 Å². The fraction of sp³-hybridized carbons (Fsp3) is 0.217. The smallest absolute Gasteiger partial charge is 0.257 e. The molecule has 1 aliphatic heterocycles. The number of thiophene rings is 1. The first-order valence-electron chi connectivity index (χ1n) is 10.7. The summed E-state index contributed by atoms with van der Waals surface area (Å²) in [6, 6.07) is 12.1. The molecule has 1 saturated heterocycles. The number of benzene rings is 1. The minimum Gasteiger partial charge on any atom is -0.390 e. The highest BCUT2D eigenvalue weighted by Crippen LogP contribution is 2.33. The molecule has 9 nitrogen and oxygen atoms in total. The van der Waals surface area contributed by atoms with Crippen LogP contribution in [0.5, 0.6) is 0 Å². The van der Waals surface area contributed by atoms with Crippen molar-refractivity contribution >= 4 is 49.0 Å². The zero-order chi connectivity index (χ0) is 24.6. The summed E-state index contributed by atoms with van der Waals surface area (Å²) in [4.78, 5) is 27.3. The Kier molecular flexibility index (Phi) is 6.51. The average Bonchev–Trinajstić information content (AvgIpc) is 3.33. The number of aliphatic hydroxyl groups excluding tert-OH is 1. The van der Waals surface area contributed by atoms with Crippen molar-refractivity contribution in [2.24, 2.45) is 0 Å². The second-order valence-corrected chi connectivity index (χ2v) is 11.6. The van der Waals surface area contributed by atoms with Gasteiger partial charge in [-0.3, -0.25) is 4.79 Å². The molecule has 180 valence electrons. The van der Waals surface area contributed by atoms with Gasteiger partial charge in [-0.25, -0.2) is 23.4 Å². The summed E-state index contributed by atoms with van der Waals surface area (Å²) in [6.45, 7) is 0.719. The molecule has 1 amide bonds. The lowest BCUT2D eigenvalue weighted by molar-refractivity contribution is 0.0697. The molecule has 0 unspecified atom stereocenters. The van der Waals surface area contributed by atoms with Crippen LogP contribution in [0.3, 0.4) is 0 Å². The normalized spacial score (nSPS) is 15.0. The predicted octanol–water partition coefficient (Wildman–Crippen LogP) is 3.05. The molecule has 12 heteroatoms. The van der Waals surface area contributed by atoms with Crippen LogP contribution in [0.2, 0.25) is 5.02 Å². The second-order valence-electron chi connectivity index (χ2n) is 7.91. The van der Waals surface area contributed by atoms with Crippen LogP contribution < -0.4 is 0 Å². The third-order valence-corrected chi connectivity index (χ3v) is 9.36. The maximum atomic E-state index is 13.2. The number of hydrogen-bond donors (Lipinski definition) is 1. The number of nitrogens with zero attached hydrogens (tertiary/aromatic N) is 5. The Labute approximate surface area is 210 Å². The number of amides is 1. The number of carbonyl (C=O) groups is 1. The fourth-order valence-electron chi connectivity index (χ4n) is 3.81. The minimum atomic E-state index is -3.67. The summed E-state index contributed by atoms with van der Waals surface area (Å²) in [5.74, 6) is 0.0829. The third kappa shape index (κ3) is 4.78. The summed E-state index contributed by atoms with van der Waals surface area (Å²) in [5.41, 5.74) is 1.31. The number of fused-ring (bicyclic) bond motifs is 1. The number of hydrogen-bond acceptors (Lipinski definition) is 8. The number of rotatable bonds is 5. The molecule has 5 rings (SSSR count). The summed E-state index contributed by atoms with van der Waals surface area (Å²) >= 11 is 7.22. The maximum Gasteiger partial charge on any atom is 0.257 e. The highest BCUT2D eigenvalue weighted by atomic mass is 35.5. The van der Waals surface area contributed by atoms with E-state index in [1.54, 1.807) is 47.4 Å². The Morgan fingerprint density at radius 3 is 2.51 bits per heavy atom. The van der Waals surface area contributed by atoms with Crippen LogP contribution in [-0.4, -0.2) is 69.8 Å². The standard InChI is InChI=1S/C23H20ClN5O4S2/c24-17-5-4-15-10-21(34-20(15)11-17)35(32,33)29-8-6-28(7-9-29)23(31)16-12-25-22(26-13-16)19-3-1-2-18(14-30)27-19/h1-5,10-13,30H,6-9,14H2. The zero-order valence-corrected chi connectivity index (χ0v) is 20.7. The van der Waals surface area contributed by atoms with Crippen LogP contribution in [-0.2, 0) is 16.6 Å². The number of sulfonamides is 1. The molecule has 1 aromatic carbocycles. The van der Waals surface area contributed by atoms with Crippen molar-refractivity contribution in [2.45, 2.75) is 10.8 Å². The van der Waals surface area contributed by atoms with Crippen molar-refractivity contribution in [2.75, 3.05) is 26.2 Å². The van der Waals surface area contributed by atoms with Gasteiger partial charge in [0.05, 0.1) is 17.9 Å². The summed E-state index contributed by atoms with van der Waals surface area (Å²) in [6.07, 6.45) is 2.87. The van der Waals surface area contributed by atoms with E-state index in [0.29, 0.717) is 27.8 Å². The van der Waals surface area contributed by atoms with Crippen molar-refractivity contribution in [3.8, 4) is 11.5 Å². The van der Waals surface area contributed by atoms with Gasteiger partial charge in [0.15, 0.2) is 5.82 Å². The predicted molar refractivity (Wildman–Crippen MR) is 133 cm³/mol. The molecule has 35 heavy (non-hydrogen) atoms. The van der Waals surface area contributed by atoms with E-state index in [-0.39, 0.29) is 42.9 Å². The zero-order valence-electron chi connectivity index (χ0n) is 18.3. The summed E-state index contributed by atoms with van der Waals surface area (Å²) in [7, 11) is -3.67. The molecule has 4 heterocycles. The highest BCUT2D eigenvalue weighted by molar-refractivity contribution is 7.91. The van der Waals surface area contributed by atoms with Gasteiger partial charge in [-0.05, 0) is 35.7 Å². The van der Waals surface area contributed by atoms with Gasteiger partial charge in [-0.2, -0.15) is 4.31 Å². The lowest BCUT2D eigenvalue weighted by atomic mass is 10.2.